The molecule has 0 unspecified atom stereocenters. The number of aromatic nitrogens is 3. The number of methoxy groups -OCH3 is 1. The fraction of sp³-hybridized carbons (Fsp3) is 0.471. The van der Waals surface area contributed by atoms with Crippen molar-refractivity contribution in [3.05, 3.63) is 24.3 Å². The molecule has 2 rings (SSSR count). The monoisotopic (exact) mass is 349 g/mol. The number of rotatable bonds is 8. The lowest BCUT2D eigenvalue weighted by molar-refractivity contribution is -0.137. The average molecular weight is 349 g/mol. The van der Waals surface area contributed by atoms with Crippen LogP contribution < -0.4 is 4.74 Å². The van der Waals surface area contributed by atoms with Gasteiger partial charge in [0.05, 0.1) is 19.5 Å². The van der Waals surface area contributed by atoms with E-state index in [0.29, 0.717) is 17.7 Å². The number of hydrogen-bond donors (Lipinski definition) is 0. The summed E-state index contributed by atoms with van der Waals surface area (Å²) in [5.74, 6) is 2.05. The first kappa shape index (κ1) is 18.3. The third-order valence-electron chi connectivity index (χ3n) is 3.28. The molecule has 1 aromatic heterocycles. The Morgan fingerprint density at radius 3 is 2.54 bits per heavy atom. The largest absolute Gasteiger partial charge is 0.493 e. The van der Waals surface area contributed by atoms with Crippen LogP contribution in [0.1, 0.15) is 20.8 Å². The first-order valence-electron chi connectivity index (χ1n) is 7.91. The van der Waals surface area contributed by atoms with E-state index in [1.54, 1.807) is 0 Å². The predicted molar refractivity (Wildman–Crippen MR) is 94.2 cm³/mol. The van der Waals surface area contributed by atoms with Gasteiger partial charge in [-0.05, 0) is 37.1 Å². The first-order chi connectivity index (χ1) is 11.5. The summed E-state index contributed by atoms with van der Waals surface area (Å²) in [7, 11) is 1.38. The van der Waals surface area contributed by atoms with E-state index in [4.69, 9.17) is 4.74 Å². The van der Waals surface area contributed by atoms with Crippen LogP contribution >= 0.6 is 11.8 Å². The van der Waals surface area contributed by atoms with E-state index in [-0.39, 0.29) is 11.7 Å². The number of esters is 1. The molecule has 0 bridgehead atoms. The molecule has 130 valence electrons. The number of carbonyl (C=O) groups is 1. The molecule has 0 amide bonds. The van der Waals surface area contributed by atoms with Crippen molar-refractivity contribution < 1.29 is 14.3 Å². The van der Waals surface area contributed by atoms with E-state index < -0.39 is 0 Å². The molecule has 0 radical (unpaired) electrons. The Morgan fingerprint density at radius 1 is 1.25 bits per heavy atom. The zero-order chi connectivity index (χ0) is 17.5. The van der Waals surface area contributed by atoms with Crippen molar-refractivity contribution in [2.45, 2.75) is 32.5 Å². The molecule has 0 aliphatic heterocycles. The van der Waals surface area contributed by atoms with Crippen LogP contribution in [0.4, 0.5) is 0 Å². The molecule has 6 nitrogen and oxygen atoms in total. The topological polar surface area (TPSA) is 66.2 Å². The van der Waals surface area contributed by atoms with Crippen LogP contribution in [0.25, 0.3) is 11.4 Å². The van der Waals surface area contributed by atoms with Crippen molar-refractivity contribution in [1.82, 2.24) is 14.8 Å². The van der Waals surface area contributed by atoms with Crippen molar-refractivity contribution in [1.29, 1.82) is 0 Å². The van der Waals surface area contributed by atoms with Gasteiger partial charge >= 0.3 is 5.97 Å². The van der Waals surface area contributed by atoms with Gasteiger partial charge in [-0.25, -0.2) is 0 Å². The molecule has 1 heterocycles. The van der Waals surface area contributed by atoms with Crippen LogP contribution in [-0.2, 0) is 16.1 Å². The number of hydrogen-bond acceptors (Lipinski definition) is 6. The van der Waals surface area contributed by atoms with E-state index in [1.165, 1.54) is 18.9 Å². The van der Waals surface area contributed by atoms with Crippen molar-refractivity contribution in [2.75, 3.05) is 19.5 Å². The van der Waals surface area contributed by atoms with Crippen molar-refractivity contribution in [3.63, 3.8) is 0 Å². The quantitative estimate of drug-likeness (QED) is 0.538. The average Bonchev–Trinajstić information content (AvgIpc) is 3.01. The smallest absolute Gasteiger partial charge is 0.316 e. The van der Waals surface area contributed by atoms with Crippen LogP contribution in [0.2, 0.25) is 0 Å². The van der Waals surface area contributed by atoms with Gasteiger partial charge in [-0.15, -0.1) is 10.2 Å². The van der Waals surface area contributed by atoms with Crippen molar-refractivity contribution in [3.8, 4) is 17.1 Å². The number of ether oxygens (including phenoxy) is 2. The van der Waals surface area contributed by atoms with E-state index in [9.17, 15) is 4.79 Å². The highest BCUT2D eigenvalue weighted by Crippen LogP contribution is 2.25. The van der Waals surface area contributed by atoms with Crippen molar-refractivity contribution >= 4 is 17.7 Å². The van der Waals surface area contributed by atoms with E-state index in [2.05, 4.69) is 28.8 Å². The Labute approximate surface area is 146 Å². The number of carbonyl (C=O) groups excluding carboxylic acids is 1. The van der Waals surface area contributed by atoms with Crippen LogP contribution in [0.15, 0.2) is 29.4 Å². The molecule has 0 fully saturated rings. The second kappa shape index (κ2) is 8.73. The molecule has 0 N–H and O–H groups in total. The second-order valence-electron chi connectivity index (χ2n) is 5.64. The van der Waals surface area contributed by atoms with Gasteiger partial charge in [0, 0.05) is 12.1 Å². The summed E-state index contributed by atoms with van der Waals surface area (Å²) in [5, 5.41) is 9.16. The molecule has 0 saturated carbocycles. The third kappa shape index (κ3) is 4.74. The normalized spacial score (nSPS) is 10.9. The second-order valence-corrected chi connectivity index (χ2v) is 6.59. The lowest BCUT2D eigenvalue weighted by atomic mass is 10.2. The minimum absolute atomic E-state index is 0.219. The summed E-state index contributed by atoms with van der Waals surface area (Å²) in [6.45, 7) is 7.67. The maximum absolute atomic E-state index is 11.3. The summed E-state index contributed by atoms with van der Waals surface area (Å²) >= 11 is 1.32. The van der Waals surface area contributed by atoms with Gasteiger partial charge in [-0.1, -0.05) is 25.6 Å². The SMILES string of the molecule is CCn1c(SCC(=O)OC)nnc1-c1ccc(OCC(C)C)cc1. The number of nitrogens with zero attached hydrogens (tertiary/aromatic N) is 3. The summed E-state index contributed by atoms with van der Waals surface area (Å²) < 4.78 is 12.3. The van der Waals surface area contributed by atoms with E-state index >= 15 is 0 Å². The number of benzene rings is 1. The lowest BCUT2D eigenvalue weighted by Gasteiger charge is -2.10. The fourth-order valence-electron chi connectivity index (χ4n) is 2.04. The molecule has 24 heavy (non-hydrogen) atoms. The summed E-state index contributed by atoms with van der Waals surface area (Å²) in [5.41, 5.74) is 0.964. The Kier molecular flexibility index (Phi) is 6.66. The number of thioether (sulfide) groups is 1. The van der Waals surface area contributed by atoms with Gasteiger partial charge in [0.15, 0.2) is 11.0 Å². The molecular formula is C17H23N3O3S. The van der Waals surface area contributed by atoms with Crippen LogP contribution in [0, 0.1) is 5.92 Å². The zero-order valence-corrected chi connectivity index (χ0v) is 15.3. The van der Waals surface area contributed by atoms with E-state index in [0.717, 1.165) is 23.7 Å². The summed E-state index contributed by atoms with van der Waals surface area (Å²) in [6.07, 6.45) is 0. The first-order valence-corrected chi connectivity index (χ1v) is 8.89. The Balaban J connectivity index is 2.13. The van der Waals surface area contributed by atoms with Gasteiger partial charge in [0.1, 0.15) is 5.75 Å². The molecule has 0 spiro atoms. The highest BCUT2D eigenvalue weighted by molar-refractivity contribution is 7.99. The molecule has 0 saturated heterocycles. The van der Waals surface area contributed by atoms with Crippen molar-refractivity contribution in [2.24, 2.45) is 5.92 Å². The van der Waals surface area contributed by atoms with Crippen LogP contribution in [0.5, 0.6) is 5.75 Å². The summed E-state index contributed by atoms with van der Waals surface area (Å²) in [4.78, 5) is 11.3. The summed E-state index contributed by atoms with van der Waals surface area (Å²) in [6, 6.07) is 7.82. The van der Waals surface area contributed by atoms with E-state index in [1.807, 2.05) is 35.8 Å². The minimum atomic E-state index is -0.279. The predicted octanol–water partition coefficient (Wildman–Crippen LogP) is 3.26. The van der Waals surface area contributed by atoms with Gasteiger partial charge < -0.3 is 14.0 Å². The Hall–Kier alpha value is -2.02. The highest BCUT2D eigenvalue weighted by Gasteiger charge is 2.14. The molecule has 0 atom stereocenters. The molecule has 1 aromatic carbocycles. The molecule has 2 aromatic rings. The maximum Gasteiger partial charge on any atom is 0.316 e. The minimum Gasteiger partial charge on any atom is -0.493 e. The van der Waals surface area contributed by atoms with Gasteiger partial charge in [0.2, 0.25) is 0 Å². The van der Waals surface area contributed by atoms with Gasteiger partial charge in [0.25, 0.3) is 0 Å². The molecule has 7 heteroatoms. The molecular weight excluding hydrogens is 326 g/mol. The van der Waals surface area contributed by atoms with Crippen LogP contribution in [0.3, 0.4) is 0 Å². The standard InChI is InChI=1S/C17H23N3O3S/c1-5-20-16(18-19-17(20)24-11-15(21)22-4)13-6-8-14(9-7-13)23-10-12(2)3/h6-9,12H,5,10-11H2,1-4H3. The zero-order valence-electron chi connectivity index (χ0n) is 14.5. The van der Waals surface area contributed by atoms with Crippen LogP contribution in [-0.4, -0.2) is 40.2 Å². The lowest BCUT2D eigenvalue weighted by Crippen LogP contribution is -2.06. The van der Waals surface area contributed by atoms with Gasteiger partial charge in [-0.3, -0.25) is 4.79 Å². The maximum atomic E-state index is 11.3. The molecule has 0 aliphatic carbocycles. The van der Waals surface area contributed by atoms with Gasteiger partial charge in [-0.2, -0.15) is 0 Å². The Morgan fingerprint density at radius 2 is 1.96 bits per heavy atom. The highest BCUT2D eigenvalue weighted by atomic mass is 32.2. The Bertz CT molecular complexity index is 668. The fourth-order valence-corrected chi connectivity index (χ4v) is 2.87. The molecule has 0 aliphatic rings. The third-order valence-corrected chi connectivity index (χ3v) is 4.22.